The van der Waals surface area contributed by atoms with Crippen LogP contribution in [-0.2, 0) is 0 Å². The maximum absolute atomic E-state index is 8.72. The van der Waals surface area contributed by atoms with E-state index < -0.39 is 0 Å². The molecule has 4 heteroatoms. The van der Waals surface area contributed by atoms with E-state index >= 15 is 0 Å². The standard InChI is InChI=1S/C11H6BrClN2/c1-7(8(5-14)6-15)10-3-2-9(12)4-11(10)13/h2-4H,1H3. The molecule has 0 saturated heterocycles. The van der Waals surface area contributed by atoms with Crippen LogP contribution in [0.4, 0.5) is 0 Å². The zero-order valence-corrected chi connectivity index (χ0v) is 10.2. The summed E-state index contributed by atoms with van der Waals surface area (Å²) >= 11 is 9.29. The quantitative estimate of drug-likeness (QED) is 0.732. The van der Waals surface area contributed by atoms with E-state index in [9.17, 15) is 0 Å². The third-order valence-electron chi connectivity index (χ3n) is 1.93. The summed E-state index contributed by atoms with van der Waals surface area (Å²) in [7, 11) is 0. The second-order valence-corrected chi connectivity index (χ2v) is 4.17. The molecule has 0 heterocycles. The molecule has 1 rings (SSSR count). The Kier molecular flexibility index (Phi) is 3.91. The molecule has 0 aliphatic carbocycles. The molecule has 0 fully saturated rings. The molecule has 1 aromatic carbocycles. The fraction of sp³-hybridized carbons (Fsp3) is 0.0909. The molecule has 0 aliphatic rings. The van der Waals surface area contributed by atoms with Crippen molar-refractivity contribution < 1.29 is 0 Å². The summed E-state index contributed by atoms with van der Waals surface area (Å²) in [5.41, 5.74) is 1.38. The lowest BCUT2D eigenvalue weighted by Gasteiger charge is -2.04. The summed E-state index contributed by atoms with van der Waals surface area (Å²) in [6, 6.07) is 9.00. The molecule has 1 aromatic rings. The van der Waals surface area contributed by atoms with E-state index in [1.165, 1.54) is 0 Å². The predicted octanol–water partition coefficient (Wildman–Crippen LogP) is 3.92. The van der Waals surface area contributed by atoms with Gasteiger partial charge in [-0.3, -0.25) is 0 Å². The molecule has 0 aromatic heterocycles. The van der Waals surface area contributed by atoms with Crippen LogP contribution in [0, 0.1) is 22.7 Å². The molecule has 0 unspecified atom stereocenters. The summed E-state index contributed by atoms with van der Waals surface area (Å²) < 4.78 is 0.861. The highest BCUT2D eigenvalue weighted by molar-refractivity contribution is 9.10. The van der Waals surface area contributed by atoms with Crippen molar-refractivity contribution in [3.05, 3.63) is 38.8 Å². The summed E-state index contributed by atoms with van der Waals surface area (Å²) in [4.78, 5) is 0. The molecule has 0 amide bonds. The van der Waals surface area contributed by atoms with Gasteiger partial charge in [-0.25, -0.2) is 0 Å². The molecular weight excluding hydrogens is 275 g/mol. The molecular formula is C11H6BrClN2. The predicted molar refractivity (Wildman–Crippen MR) is 63.0 cm³/mol. The summed E-state index contributed by atoms with van der Waals surface area (Å²) in [5.74, 6) is 0. The minimum absolute atomic E-state index is 0.0826. The van der Waals surface area contributed by atoms with E-state index in [1.807, 2.05) is 18.2 Å². The molecule has 15 heavy (non-hydrogen) atoms. The summed E-state index contributed by atoms with van der Waals surface area (Å²) in [6.45, 7) is 1.71. The Morgan fingerprint density at radius 1 is 1.33 bits per heavy atom. The third kappa shape index (κ3) is 2.59. The Labute approximate surface area is 102 Å². The van der Waals surface area contributed by atoms with E-state index in [0.29, 0.717) is 16.2 Å². The van der Waals surface area contributed by atoms with Crippen molar-refractivity contribution >= 4 is 33.1 Å². The fourth-order valence-electron chi connectivity index (χ4n) is 1.12. The van der Waals surface area contributed by atoms with Gasteiger partial charge in [0.05, 0.1) is 0 Å². The highest BCUT2D eigenvalue weighted by Gasteiger charge is 2.07. The summed E-state index contributed by atoms with van der Waals surface area (Å²) in [5, 5.41) is 18.0. The number of allylic oxidation sites excluding steroid dienone is 2. The maximum Gasteiger partial charge on any atom is 0.133 e. The molecule has 0 atom stereocenters. The monoisotopic (exact) mass is 280 g/mol. The Balaban J connectivity index is 3.37. The molecule has 74 valence electrons. The zero-order valence-electron chi connectivity index (χ0n) is 7.88. The van der Waals surface area contributed by atoms with Crippen LogP contribution in [0.3, 0.4) is 0 Å². The third-order valence-corrected chi connectivity index (χ3v) is 2.74. The number of halogens is 2. The Morgan fingerprint density at radius 2 is 1.93 bits per heavy atom. The van der Waals surface area contributed by atoms with Crippen molar-refractivity contribution in [2.24, 2.45) is 0 Å². The lowest BCUT2D eigenvalue weighted by Crippen LogP contribution is -1.86. The first kappa shape index (κ1) is 11.8. The van der Waals surface area contributed by atoms with Crippen LogP contribution in [-0.4, -0.2) is 0 Å². The van der Waals surface area contributed by atoms with Crippen molar-refractivity contribution in [2.75, 3.05) is 0 Å². The Bertz CT molecular complexity index is 490. The van der Waals surface area contributed by atoms with Gasteiger partial charge in [0, 0.05) is 9.50 Å². The van der Waals surface area contributed by atoms with Crippen molar-refractivity contribution in [3.63, 3.8) is 0 Å². The topological polar surface area (TPSA) is 47.6 Å². The van der Waals surface area contributed by atoms with E-state index in [0.717, 1.165) is 4.47 Å². The molecule has 0 bridgehead atoms. The van der Waals surface area contributed by atoms with Gasteiger partial charge < -0.3 is 0 Å². The zero-order chi connectivity index (χ0) is 11.4. The Morgan fingerprint density at radius 3 is 2.40 bits per heavy atom. The van der Waals surface area contributed by atoms with Gasteiger partial charge in [-0.1, -0.05) is 33.6 Å². The van der Waals surface area contributed by atoms with Crippen LogP contribution in [0.2, 0.25) is 5.02 Å². The van der Waals surface area contributed by atoms with Gasteiger partial charge in [0.1, 0.15) is 17.7 Å². The second-order valence-electron chi connectivity index (χ2n) is 2.85. The maximum atomic E-state index is 8.72. The van der Waals surface area contributed by atoms with Gasteiger partial charge in [-0.05, 0) is 30.2 Å². The number of nitriles is 2. The first-order valence-electron chi connectivity index (χ1n) is 4.06. The lowest BCUT2D eigenvalue weighted by atomic mass is 10.0. The smallest absolute Gasteiger partial charge is 0.133 e. The molecule has 2 nitrogen and oxygen atoms in total. The van der Waals surface area contributed by atoms with E-state index in [4.69, 9.17) is 22.1 Å². The van der Waals surface area contributed by atoms with E-state index in [2.05, 4.69) is 15.9 Å². The molecule has 0 spiro atoms. The van der Waals surface area contributed by atoms with Crippen molar-refractivity contribution in [1.82, 2.24) is 0 Å². The average molecular weight is 282 g/mol. The summed E-state index contributed by atoms with van der Waals surface area (Å²) in [6.07, 6.45) is 0. The molecule has 0 radical (unpaired) electrons. The van der Waals surface area contributed by atoms with Gasteiger partial charge in [0.2, 0.25) is 0 Å². The van der Waals surface area contributed by atoms with Gasteiger partial charge in [-0.15, -0.1) is 0 Å². The number of nitrogens with zero attached hydrogens (tertiary/aromatic N) is 2. The van der Waals surface area contributed by atoms with Gasteiger partial charge in [-0.2, -0.15) is 10.5 Å². The lowest BCUT2D eigenvalue weighted by molar-refractivity contribution is 1.44. The minimum Gasteiger partial charge on any atom is -0.192 e. The van der Waals surface area contributed by atoms with Gasteiger partial charge >= 0.3 is 0 Å². The highest BCUT2D eigenvalue weighted by Crippen LogP contribution is 2.28. The van der Waals surface area contributed by atoms with Crippen LogP contribution in [0.25, 0.3) is 5.57 Å². The first-order chi connectivity index (χ1) is 7.10. The number of hydrogen-bond donors (Lipinski definition) is 0. The van der Waals surface area contributed by atoms with Crippen LogP contribution in [0.5, 0.6) is 0 Å². The highest BCUT2D eigenvalue weighted by atomic mass is 79.9. The van der Waals surface area contributed by atoms with E-state index in [1.54, 1.807) is 19.1 Å². The van der Waals surface area contributed by atoms with Crippen LogP contribution in [0.15, 0.2) is 28.2 Å². The van der Waals surface area contributed by atoms with Gasteiger partial charge in [0.15, 0.2) is 0 Å². The molecule has 0 saturated carbocycles. The SMILES string of the molecule is CC(=C(C#N)C#N)c1ccc(Br)cc1Cl. The van der Waals surface area contributed by atoms with Gasteiger partial charge in [0.25, 0.3) is 0 Å². The fourth-order valence-corrected chi connectivity index (χ4v) is 1.94. The molecule has 0 aliphatic heterocycles. The normalized spacial score (nSPS) is 8.87. The van der Waals surface area contributed by atoms with Crippen LogP contribution in [0.1, 0.15) is 12.5 Å². The Hall–Kier alpha value is -1.29. The minimum atomic E-state index is 0.0826. The van der Waals surface area contributed by atoms with E-state index in [-0.39, 0.29) is 5.57 Å². The second kappa shape index (κ2) is 4.98. The number of hydrogen-bond acceptors (Lipinski definition) is 2. The number of benzene rings is 1. The van der Waals surface area contributed by atoms with Crippen LogP contribution < -0.4 is 0 Å². The number of rotatable bonds is 1. The molecule has 0 N–H and O–H groups in total. The van der Waals surface area contributed by atoms with Crippen molar-refractivity contribution in [2.45, 2.75) is 6.92 Å². The first-order valence-corrected chi connectivity index (χ1v) is 5.23. The largest absolute Gasteiger partial charge is 0.192 e. The van der Waals surface area contributed by atoms with Crippen molar-refractivity contribution in [3.8, 4) is 12.1 Å². The average Bonchev–Trinajstić information content (AvgIpc) is 2.19. The van der Waals surface area contributed by atoms with Crippen molar-refractivity contribution in [1.29, 1.82) is 10.5 Å². The van der Waals surface area contributed by atoms with Crippen LogP contribution >= 0.6 is 27.5 Å².